The number of hydrogen-bond acceptors (Lipinski definition) is 6. The number of nitrogens with zero attached hydrogens (tertiary/aromatic N) is 2. The number of aromatic nitrogens is 1. The van der Waals surface area contributed by atoms with Crippen LogP contribution < -0.4 is 9.64 Å². The van der Waals surface area contributed by atoms with Gasteiger partial charge in [0, 0.05) is 24.6 Å². The predicted molar refractivity (Wildman–Crippen MR) is 112 cm³/mol. The molecule has 8 heteroatoms. The summed E-state index contributed by atoms with van der Waals surface area (Å²) in [4.78, 5) is 13.4. The molecule has 30 heavy (non-hydrogen) atoms. The van der Waals surface area contributed by atoms with Crippen LogP contribution in [0.25, 0.3) is 11.1 Å². The molecular weight excluding hydrogens is 410 g/mol. The van der Waals surface area contributed by atoms with Gasteiger partial charge in [-0.2, -0.15) is 4.37 Å². The van der Waals surface area contributed by atoms with Gasteiger partial charge in [0.25, 0.3) is 0 Å². The number of rotatable bonds is 7. The van der Waals surface area contributed by atoms with Gasteiger partial charge < -0.3 is 14.4 Å². The van der Waals surface area contributed by atoms with E-state index in [1.807, 2.05) is 6.92 Å². The Morgan fingerprint density at radius 1 is 1.27 bits per heavy atom. The molecule has 5 nitrogen and oxygen atoms in total. The molecule has 0 bridgehead atoms. The predicted octanol–water partition coefficient (Wildman–Crippen LogP) is 5.11. The van der Waals surface area contributed by atoms with E-state index in [1.165, 1.54) is 23.7 Å². The minimum Gasteiger partial charge on any atom is -0.479 e. The van der Waals surface area contributed by atoms with Crippen molar-refractivity contribution in [3.05, 3.63) is 29.5 Å². The molecule has 0 spiro atoms. The van der Waals surface area contributed by atoms with Crippen molar-refractivity contribution in [3.63, 3.8) is 0 Å². The van der Waals surface area contributed by atoms with Gasteiger partial charge in [-0.1, -0.05) is 0 Å². The summed E-state index contributed by atoms with van der Waals surface area (Å²) in [7, 11) is 0. The molecule has 2 fully saturated rings. The lowest BCUT2D eigenvalue weighted by Gasteiger charge is -2.26. The molecule has 1 atom stereocenters. The highest BCUT2D eigenvalue weighted by Crippen LogP contribution is 2.41. The largest absolute Gasteiger partial charge is 0.479 e. The van der Waals surface area contributed by atoms with E-state index in [0.717, 1.165) is 19.3 Å². The average molecular weight is 437 g/mol. The van der Waals surface area contributed by atoms with Crippen LogP contribution in [0.1, 0.15) is 44.7 Å². The van der Waals surface area contributed by atoms with Crippen molar-refractivity contribution >= 4 is 23.2 Å². The monoisotopic (exact) mass is 436 g/mol. The van der Waals surface area contributed by atoms with Crippen molar-refractivity contribution in [2.24, 2.45) is 5.92 Å². The third-order valence-corrected chi connectivity index (χ3v) is 6.66. The number of anilines is 1. The molecule has 162 valence electrons. The Balaban J connectivity index is 1.54. The third-order valence-electron chi connectivity index (χ3n) is 5.83. The first-order chi connectivity index (χ1) is 14.5. The first kappa shape index (κ1) is 21.0. The second-order valence-corrected chi connectivity index (χ2v) is 8.74. The lowest BCUT2D eigenvalue weighted by Crippen LogP contribution is -2.24. The van der Waals surface area contributed by atoms with E-state index in [9.17, 15) is 4.79 Å². The zero-order chi connectivity index (χ0) is 21.3. The Bertz CT molecular complexity index is 906. The van der Waals surface area contributed by atoms with E-state index in [1.54, 1.807) is 11.8 Å². The molecule has 2 aliphatic rings. The van der Waals surface area contributed by atoms with Gasteiger partial charge in [0.2, 0.25) is 5.06 Å². The molecule has 2 heterocycles. The van der Waals surface area contributed by atoms with Crippen LogP contribution in [0.15, 0.2) is 12.1 Å². The summed E-state index contributed by atoms with van der Waals surface area (Å²) in [6, 6.07) is 2.73. The molecular formula is C22H26F2N2O3S. The van der Waals surface area contributed by atoms with Crippen LogP contribution in [0.5, 0.6) is 5.06 Å². The molecule has 1 aromatic heterocycles. The summed E-state index contributed by atoms with van der Waals surface area (Å²) in [5.74, 6) is -1.45. The van der Waals surface area contributed by atoms with Gasteiger partial charge in [-0.15, -0.1) is 0 Å². The second-order valence-electron chi connectivity index (χ2n) is 8.00. The van der Waals surface area contributed by atoms with Crippen LogP contribution in [0.2, 0.25) is 0 Å². The normalized spacial score (nSPS) is 19.1. The van der Waals surface area contributed by atoms with Gasteiger partial charge in [-0.3, -0.25) is 4.79 Å². The van der Waals surface area contributed by atoms with Gasteiger partial charge in [0.1, 0.15) is 17.3 Å². The summed E-state index contributed by atoms with van der Waals surface area (Å²) in [6.45, 7) is 4.86. The SMILES string of the molecule is CCOC(=O)CC1CCN(c2c(F)cc(-c3c(C)nsc3OC3CCC3)cc2F)C1. The van der Waals surface area contributed by atoms with Crippen LogP contribution >= 0.6 is 11.5 Å². The Morgan fingerprint density at radius 3 is 2.63 bits per heavy atom. The standard InChI is InChI=1S/C22H26F2N2O3S/c1-3-28-19(27)9-14-7-8-26(12-14)21-17(23)10-15(11-18(21)24)20-13(2)25-30-22(20)29-16-5-4-6-16/h10-11,14,16H,3-9,12H2,1-2H3. The molecule has 1 unspecified atom stereocenters. The maximum absolute atomic E-state index is 15.0. The van der Waals surface area contributed by atoms with Gasteiger partial charge in [0.05, 0.1) is 30.4 Å². The minimum absolute atomic E-state index is 0.0348. The summed E-state index contributed by atoms with van der Waals surface area (Å²) in [5, 5.41) is 0.624. The molecule has 2 aromatic rings. The number of benzene rings is 1. The zero-order valence-corrected chi connectivity index (χ0v) is 18.1. The molecule has 0 radical (unpaired) electrons. The molecule has 0 amide bonds. The molecule has 1 saturated carbocycles. The summed E-state index contributed by atoms with van der Waals surface area (Å²) in [5.41, 5.74) is 1.78. The first-order valence-electron chi connectivity index (χ1n) is 10.5. The molecule has 4 rings (SSSR count). The zero-order valence-electron chi connectivity index (χ0n) is 17.2. The highest BCUT2D eigenvalue weighted by Gasteiger charge is 2.30. The maximum Gasteiger partial charge on any atom is 0.306 e. The van der Waals surface area contributed by atoms with Crippen LogP contribution in [0, 0.1) is 24.5 Å². The van der Waals surface area contributed by atoms with E-state index >= 15 is 8.78 Å². The lowest BCUT2D eigenvalue weighted by molar-refractivity contribution is -0.144. The lowest BCUT2D eigenvalue weighted by atomic mass is 9.96. The number of aryl methyl sites for hydroxylation is 1. The van der Waals surface area contributed by atoms with Crippen molar-refractivity contribution in [2.75, 3.05) is 24.6 Å². The number of carbonyl (C=O) groups excluding carboxylic acids is 1. The number of halogens is 2. The van der Waals surface area contributed by atoms with Gasteiger partial charge in [-0.25, -0.2) is 8.78 Å². The number of carbonyl (C=O) groups is 1. The van der Waals surface area contributed by atoms with E-state index in [0.29, 0.717) is 48.0 Å². The van der Waals surface area contributed by atoms with Crippen LogP contribution in [0.4, 0.5) is 14.5 Å². The van der Waals surface area contributed by atoms with Crippen molar-refractivity contribution in [2.45, 2.75) is 52.1 Å². The van der Waals surface area contributed by atoms with E-state index < -0.39 is 11.6 Å². The number of hydrogen-bond donors (Lipinski definition) is 0. The van der Waals surface area contributed by atoms with Crippen molar-refractivity contribution in [3.8, 4) is 16.2 Å². The van der Waals surface area contributed by atoms with Crippen molar-refractivity contribution in [1.82, 2.24) is 4.37 Å². The highest BCUT2D eigenvalue weighted by molar-refractivity contribution is 7.08. The van der Waals surface area contributed by atoms with E-state index in [4.69, 9.17) is 9.47 Å². The fourth-order valence-electron chi connectivity index (χ4n) is 4.07. The fraction of sp³-hybridized carbons (Fsp3) is 0.545. The molecule has 1 aromatic carbocycles. The second kappa shape index (κ2) is 8.88. The summed E-state index contributed by atoms with van der Waals surface area (Å²) in [6.07, 6.45) is 4.28. The van der Waals surface area contributed by atoms with Gasteiger partial charge in [0.15, 0.2) is 0 Å². The van der Waals surface area contributed by atoms with Gasteiger partial charge in [-0.05, 0) is 63.1 Å². The Morgan fingerprint density at radius 2 is 2.00 bits per heavy atom. The van der Waals surface area contributed by atoms with Crippen LogP contribution in [0.3, 0.4) is 0 Å². The Kier molecular flexibility index (Phi) is 6.22. The van der Waals surface area contributed by atoms with E-state index in [2.05, 4.69) is 4.37 Å². The summed E-state index contributed by atoms with van der Waals surface area (Å²) >= 11 is 1.23. The van der Waals surface area contributed by atoms with Crippen LogP contribution in [-0.4, -0.2) is 36.1 Å². The number of ether oxygens (including phenoxy) is 2. The van der Waals surface area contributed by atoms with Crippen molar-refractivity contribution in [1.29, 1.82) is 0 Å². The highest BCUT2D eigenvalue weighted by atomic mass is 32.1. The molecule has 1 aliphatic heterocycles. The van der Waals surface area contributed by atoms with E-state index in [-0.39, 0.29) is 30.1 Å². The Labute approximate surface area is 179 Å². The number of esters is 1. The maximum atomic E-state index is 15.0. The smallest absolute Gasteiger partial charge is 0.306 e. The topological polar surface area (TPSA) is 51.7 Å². The minimum atomic E-state index is -0.609. The fourth-order valence-corrected chi connectivity index (χ4v) is 4.91. The van der Waals surface area contributed by atoms with Crippen LogP contribution in [-0.2, 0) is 9.53 Å². The Hall–Kier alpha value is -2.22. The average Bonchev–Trinajstić information content (AvgIpc) is 3.24. The van der Waals surface area contributed by atoms with Gasteiger partial charge >= 0.3 is 5.97 Å². The molecule has 1 aliphatic carbocycles. The third kappa shape index (κ3) is 4.29. The summed E-state index contributed by atoms with van der Waals surface area (Å²) < 4.78 is 45.4. The quantitative estimate of drug-likeness (QED) is 0.565. The molecule has 0 N–H and O–H groups in total. The van der Waals surface area contributed by atoms with Crippen molar-refractivity contribution < 1.29 is 23.0 Å². The molecule has 1 saturated heterocycles. The first-order valence-corrected chi connectivity index (χ1v) is 11.3.